The first-order chi connectivity index (χ1) is 13.8. The largest absolute Gasteiger partial charge is 0.324 e. The fraction of sp³-hybridized carbons (Fsp3) is 0.333. The molecule has 0 unspecified atom stereocenters. The lowest BCUT2D eigenvalue weighted by molar-refractivity contribution is -0.118. The van der Waals surface area contributed by atoms with Gasteiger partial charge in [-0.3, -0.25) is 9.59 Å². The Hall–Kier alpha value is -2.32. The van der Waals surface area contributed by atoms with E-state index in [1.54, 1.807) is 24.0 Å². The molecule has 8 heteroatoms. The molecule has 2 amide bonds. The van der Waals surface area contributed by atoms with E-state index in [2.05, 4.69) is 5.32 Å². The molecular formula is C21H22N2O4S2. The van der Waals surface area contributed by atoms with Gasteiger partial charge in [-0.15, -0.1) is 11.8 Å². The van der Waals surface area contributed by atoms with Crippen LogP contribution in [0.1, 0.15) is 25.3 Å². The van der Waals surface area contributed by atoms with Crippen LogP contribution in [0.25, 0.3) is 0 Å². The van der Waals surface area contributed by atoms with Crippen molar-refractivity contribution in [2.24, 2.45) is 0 Å². The number of amides is 2. The van der Waals surface area contributed by atoms with E-state index in [0.29, 0.717) is 12.2 Å². The van der Waals surface area contributed by atoms with Gasteiger partial charge in [0.1, 0.15) is 0 Å². The molecule has 2 aliphatic rings. The van der Waals surface area contributed by atoms with Gasteiger partial charge in [0.25, 0.3) is 0 Å². The van der Waals surface area contributed by atoms with Gasteiger partial charge in [0.05, 0.1) is 21.6 Å². The summed E-state index contributed by atoms with van der Waals surface area (Å²) < 4.78 is 25.6. The number of carbonyl (C=O) groups is 2. The number of rotatable bonds is 4. The molecular weight excluding hydrogens is 408 g/mol. The first-order valence-electron chi connectivity index (χ1n) is 9.58. The molecule has 29 heavy (non-hydrogen) atoms. The number of benzene rings is 2. The summed E-state index contributed by atoms with van der Waals surface area (Å²) in [5.41, 5.74) is 2.51. The van der Waals surface area contributed by atoms with Gasteiger partial charge in [0.2, 0.25) is 11.8 Å². The Balaban J connectivity index is 1.48. The van der Waals surface area contributed by atoms with Crippen LogP contribution in [-0.4, -0.2) is 37.8 Å². The van der Waals surface area contributed by atoms with Crippen LogP contribution in [0, 0.1) is 0 Å². The van der Waals surface area contributed by atoms with E-state index in [1.165, 1.54) is 17.8 Å². The maximum absolute atomic E-state index is 12.8. The average molecular weight is 431 g/mol. The first kappa shape index (κ1) is 20.0. The third-order valence-electron chi connectivity index (χ3n) is 5.24. The Kier molecular flexibility index (Phi) is 5.40. The van der Waals surface area contributed by atoms with Crippen molar-refractivity contribution < 1.29 is 18.0 Å². The zero-order valence-corrected chi connectivity index (χ0v) is 17.7. The second-order valence-corrected chi connectivity index (χ2v) is 10.7. The van der Waals surface area contributed by atoms with Crippen molar-refractivity contribution in [2.45, 2.75) is 41.2 Å². The summed E-state index contributed by atoms with van der Waals surface area (Å²) in [5, 5.41) is 2.54. The Morgan fingerprint density at radius 1 is 1.24 bits per heavy atom. The minimum Gasteiger partial charge on any atom is -0.324 e. The molecule has 2 aromatic rings. The van der Waals surface area contributed by atoms with Crippen LogP contribution >= 0.6 is 11.8 Å². The number of anilines is 2. The SMILES string of the molecule is C[C@H]1Sc2ccc(S(=O)(=O)CCC(=O)N3CCCc4ccccc43)cc2NC1=O. The molecule has 6 nitrogen and oxygen atoms in total. The lowest BCUT2D eigenvalue weighted by Crippen LogP contribution is -2.36. The topological polar surface area (TPSA) is 83.6 Å². The van der Waals surface area contributed by atoms with Crippen molar-refractivity contribution in [1.82, 2.24) is 0 Å². The lowest BCUT2D eigenvalue weighted by Gasteiger charge is -2.29. The molecule has 0 fully saturated rings. The predicted octanol–water partition coefficient (Wildman–Crippen LogP) is 3.26. The van der Waals surface area contributed by atoms with E-state index in [0.717, 1.165) is 29.0 Å². The molecule has 0 saturated carbocycles. The first-order valence-corrected chi connectivity index (χ1v) is 12.1. The Labute approximate surface area is 174 Å². The van der Waals surface area contributed by atoms with E-state index in [1.807, 2.05) is 24.3 Å². The highest BCUT2D eigenvalue weighted by molar-refractivity contribution is 8.01. The minimum absolute atomic E-state index is 0.0775. The van der Waals surface area contributed by atoms with Crippen LogP contribution in [-0.2, 0) is 25.8 Å². The fourth-order valence-electron chi connectivity index (χ4n) is 3.65. The summed E-state index contributed by atoms with van der Waals surface area (Å²) in [5.74, 6) is -0.590. The van der Waals surface area contributed by atoms with Crippen molar-refractivity contribution >= 4 is 44.8 Å². The number of para-hydroxylation sites is 1. The highest BCUT2D eigenvalue weighted by Crippen LogP contribution is 2.37. The van der Waals surface area contributed by atoms with E-state index < -0.39 is 9.84 Å². The molecule has 0 aromatic heterocycles. The highest BCUT2D eigenvalue weighted by Gasteiger charge is 2.27. The van der Waals surface area contributed by atoms with Crippen LogP contribution < -0.4 is 10.2 Å². The van der Waals surface area contributed by atoms with Crippen molar-refractivity contribution in [1.29, 1.82) is 0 Å². The van der Waals surface area contributed by atoms with Crippen molar-refractivity contribution in [2.75, 3.05) is 22.5 Å². The van der Waals surface area contributed by atoms with E-state index in [9.17, 15) is 18.0 Å². The average Bonchev–Trinajstić information content (AvgIpc) is 2.72. The molecule has 0 radical (unpaired) electrons. The van der Waals surface area contributed by atoms with Crippen LogP contribution in [0.5, 0.6) is 0 Å². The lowest BCUT2D eigenvalue weighted by atomic mass is 10.0. The number of fused-ring (bicyclic) bond motifs is 2. The number of thioether (sulfide) groups is 1. The second kappa shape index (κ2) is 7.84. The zero-order valence-electron chi connectivity index (χ0n) is 16.1. The smallest absolute Gasteiger partial charge is 0.237 e. The number of nitrogens with zero attached hydrogens (tertiary/aromatic N) is 1. The van der Waals surface area contributed by atoms with Gasteiger partial charge in [-0.1, -0.05) is 18.2 Å². The molecule has 1 atom stereocenters. The van der Waals surface area contributed by atoms with Crippen LogP contribution in [0.3, 0.4) is 0 Å². The zero-order chi connectivity index (χ0) is 20.6. The van der Waals surface area contributed by atoms with Crippen LogP contribution in [0.4, 0.5) is 11.4 Å². The quantitative estimate of drug-likeness (QED) is 0.805. The second-order valence-electron chi connectivity index (χ2n) is 7.25. The van der Waals surface area contributed by atoms with Gasteiger partial charge < -0.3 is 10.2 Å². The monoisotopic (exact) mass is 430 g/mol. The van der Waals surface area contributed by atoms with E-state index in [4.69, 9.17) is 0 Å². The minimum atomic E-state index is -3.64. The highest BCUT2D eigenvalue weighted by atomic mass is 32.2. The molecule has 2 heterocycles. The third-order valence-corrected chi connectivity index (χ3v) is 8.13. The number of hydrogen-bond donors (Lipinski definition) is 1. The third kappa shape index (κ3) is 4.04. The van der Waals surface area contributed by atoms with Gasteiger partial charge in [-0.05, 0) is 49.6 Å². The molecule has 0 aliphatic carbocycles. The van der Waals surface area contributed by atoms with Crippen LogP contribution in [0.15, 0.2) is 52.3 Å². The molecule has 0 bridgehead atoms. The summed E-state index contributed by atoms with van der Waals surface area (Å²) in [6.07, 6.45) is 1.72. The molecule has 0 spiro atoms. The standard InChI is InChI=1S/C21H22N2O4S2/c1-14-21(25)22-17-13-16(8-9-19(17)28-14)29(26,27)12-10-20(24)23-11-4-6-15-5-2-3-7-18(15)23/h2-3,5,7-9,13-14H,4,6,10-12H2,1H3,(H,22,25)/t14-/m1/s1. The number of sulfone groups is 1. The Morgan fingerprint density at radius 3 is 2.86 bits per heavy atom. The maximum Gasteiger partial charge on any atom is 0.237 e. The van der Waals surface area contributed by atoms with Gasteiger partial charge >= 0.3 is 0 Å². The van der Waals surface area contributed by atoms with E-state index in [-0.39, 0.29) is 34.1 Å². The molecule has 0 saturated heterocycles. The summed E-state index contributed by atoms with van der Waals surface area (Å²) in [6.45, 7) is 2.41. The summed E-state index contributed by atoms with van der Waals surface area (Å²) >= 11 is 1.40. The molecule has 2 aromatic carbocycles. The summed E-state index contributed by atoms with van der Waals surface area (Å²) in [6, 6.07) is 12.5. The molecule has 152 valence electrons. The fourth-order valence-corrected chi connectivity index (χ4v) is 5.83. The molecule has 2 aliphatic heterocycles. The summed E-state index contributed by atoms with van der Waals surface area (Å²) in [4.78, 5) is 27.3. The van der Waals surface area contributed by atoms with Gasteiger partial charge in [0.15, 0.2) is 9.84 Å². The number of carbonyl (C=O) groups excluding carboxylic acids is 2. The Morgan fingerprint density at radius 2 is 2.03 bits per heavy atom. The van der Waals surface area contributed by atoms with E-state index >= 15 is 0 Å². The number of hydrogen-bond acceptors (Lipinski definition) is 5. The van der Waals surface area contributed by atoms with Gasteiger partial charge in [-0.25, -0.2) is 8.42 Å². The number of nitrogens with one attached hydrogen (secondary N) is 1. The van der Waals surface area contributed by atoms with Gasteiger partial charge in [0, 0.05) is 23.5 Å². The molecule has 4 rings (SSSR count). The predicted molar refractivity (Wildman–Crippen MR) is 114 cm³/mol. The molecule has 1 N–H and O–H groups in total. The van der Waals surface area contributed by atoms with Crippen molar-refractivity contribution in [3.63, 3.8) is 0 Å². The maximum atomic E-state index is 12.8. The normalized spacial score (nSPS) is 18.6. The summed E-state index contributed by atoms with van der Waals surface area (Å²) in [7, 11) is -3.64. The Bertz CT molecular complexity index is 1080. The van der Waals surface area contributed by atoms with Gasteiger partial charge in [-0.2, -0.15) is 0 Å². The van der Waals surface area contributed by atoms with Crippen molar-refractivity contribution in [3.05, 3.63) is 48.0 Å². The van der Waals surface area contributed by atoms with Crippen molar-refractivity contribution in [3.8, 4) is 0 Å². The number of aryl methyl sites for hydroxylation is 1. The van der Waals surface area contributed by atoms with Crippen LogP contribution in [0.2, 0.25) is 0 Å².